The Morgan fingerprint density at radius 2 is 1.45 bits per heavy atom. The van der Waals surface area contributed by atoms with Crippen molar-refractivity contribution in [2.75, 3.05) is 6.61 Å². The van der Waals surface area contributed by atoms with Gasteiger partial charge in [0.15, 0.2) is 0 Å². The van der Waals surface area contributed by atoms with Gasteiger partial charge in [-0.05, 0) is 41.8 Å². The van der Waals surface area contributed by atoms with Gasteiger partial charge < -0.3 is 26.4 Å². The number of hydrogen-bond acceptors (Lipinski definition) is 5. The Hall–Kier alpha value is -4.24. The molecule has 5 N–H and O–H groups in total. The van der Waals surface area contributed by atoms with Crippen LogP contribution in [-0.4, -0.2) is 36.4 Å². The molecule has 3 aromatic carbocycles. The van der Waals surface area contributed by atoms with E-state index in [-0.39, 0.29) is 38.3 Å². The van der Waals surface area contributed by atoms with Crippen molar-refractivity contribution in [2.24, 2.45) is 5.73 Å². The molecule has 2 atom stereocenters. The van der Waals surface area contributed by atoms with E-state index < -0.39 is 29.7 Å². The predicted molar refractivity (Wildman–Crippen MR) is 152 cm³/mol. The van der Waals surface area contributed by atoms with E-state index in [1.807, 2.05) is 61.5 Å². The minimum atomic E-state index is -0.926. The third kappa shape index (κ3) is 9.20. The molecule has 0 spiro atoms. The summed E-state index contributed by atoms with van der Waals surface area (Å²) in [6, 6.07) is 19.4. The van der Waals surface area contributed by atoms with Crippen molar-refractivity contribution in [3.8, 4) is 5.75 Å². The summed E-state index contributed by atoms with van der Waals surface area (Å²) in [5.74, 6) is -0.917. The van der Waals surface area contributed by atoms with E-state index >= 15 is 0 Å². The van der Waals surface area contributed by atoms with Crippen LogP contribution in [0, 0.1) is 5.82 Å². The number of benzene rings is 3. The Labute approximate surface area is 234 Å². The molecular formula is C31H37FN4O4. The molecule has 40 heavy (non-hydrogen) atoms. The van der Waals surface area contributed by atoms with Gasteiger partial charge in [0.1, 0.15) is 23.7 Å². The molecule has 0 aliphatic carbocycles. The number of halogens is 1. The maximum atomic E-state index is 14.2. The Morgan fingerprint density at radius 3 is 2.05 bits per heavy atom. The van der Waals surface area contributed by atoms with E-state index in [4.69, 9.17) is 10.5 Å². The lowest BCUT2D eigenvalue weighted by Crippen LogP contribution is -2.55. The third-order valence-electron chi connectivity index (χ3n) is 6.37. The average Bonchev–Trinajstić information content (AvgIpc) is 2.96. The average molecular weight is 549 g/mol. The Bertz CT molecular complexity index is 1270. The zero-order valence-electron chi connectivity index (χ0n) is 22.9. The highest BCUT2D eigenvalue weighted by molar-refractivity contribution is 5.92. The number of amides is 3. The van der Waals surface area contributed by atoms with Crippen molar-refractivity contribution in [1.82, 2.24) is 16.0 Å². The molecule has 3 aromatic rings. The molecule has 3 amide bonds. The fraction of sp³-hybridized carbons (Fsp3) is 0.323. The summed E-state index contributed by atoms with van der Waals surface area (Å²) < 4.78 is 19.6. The molecule has 0 radical (unpaired) electrons. The van der Waals surface area contributed by atoms with Crippen LogP contribution in [0.25, 0.3) is 0 Å². The Kier molecular flexibility index (Phi) is 11.6. The lowest BCUT2D eigenvalue weighted by Gasteiger charge is -2.23. The van der Waals surface area contributed by atoms with Crippen LogP contribution >= 0.6 is 0 Å². The predicted octanol–water partition coefficient (Wildman–Crippen LogP) is 3.16. The molecule has 0 saturated carbocycles. The van der Waals surface area contributed by atoms with Crippen LogP contribution in [0.3, 0.4) is 0 Å². The molecule has 0 heterocycles. The fourth-order valence-electron chi connectivity index (χ4n) is 4.14. The van der Waals surface area contributed by atoms with E-state index in [9.17, 15) is 18.8 Å². The van der Waals surface area contributed by atoms with Crippen LogP contribution in [-0.2, 0) is 40.3 Å². The normalized spacial score (nSPS) is 12.2. The summed E-state index contributed by atoms with van der Waals surface area (Å²) in [5, 5.41) is 8.40. The van der Waals surface area contributed by atoms with Gasteiger partial charge >= 0.3 is 0 Å². The summed E-state index contributed by atoms with van der Waals surface area (Å²) in [4.78, 5) is 39.0. The van der Waals surface area contributed by atoms with Gasteiger partial charge in [-0.2, -0.15) is 0 Å². The number of rotatable bonds is 14. The summed E-state index contributed by atoms with van der Waals surface area (Å²) in [6.45, 7) is 4.29. The van der Waals surface area contributed by atoms with E-state index in [0.29, 0.717) is 23.5 Å². The van der Waals surface area contributed by atoms with Crippen molar-refractivity contribution >= 4 is 17.7 Å². The first-order valence-corrected chi connectivity index (χ1v) is 13.4. The van der Waals surface area contributed by atoms with Crippen molar-refractivity contribution in [3.05, 3.63) is 101 Å². The number of carbonyl (C=O) groups excluding carboxylic acids is 3. The number of nitrogens with two attached hydrogens (primary N) is 1. The van der Waals surface area contributed by atoms with E-state index in [0.717, 1.165) is 11.1 Å². The summed E-state index contributed by atoms with van der Waals surface area (Å²) in [7, 11) is 0. The zero-order chi connectivity index (χ0) is 28.9. The Balaban J connectivity index is 1.76. The second kappa shape index (κ2) is 15.4. The molecule has 9 heteroatoms. The van der Waals surface area contributed by atoms with Crippen LogP contribution < -0.4 is 26.4 Å². The van der Waals surface area contributed by atoms with Crippen LogP contribution in [0.5, 0.6) is 5.75 Å². The highest BCUT2D eigenvalue weighted by Gasteiger charge is 2.27. The lowest BCUT2D eigenvalue weighted by molar-refractivity contribution is -0.132. The molecule has 8 nitrogen and oxygen atoms in total. The number of ether oxygens (including phenoxy) is 1. The monoisotopic (exact) mass is 548 g/mol. The van der Waals surface area contributed by atoms with Gasteiger partial charge in [-0.15, -0.1) is 0 Å². The van der Waals surface area contributed by atoms with Crippen molar-refractivity contribution in [1.29, 1.82) is 0 Å². The van der Waals surface area contributed by atoms with E-state index in [1.165, 1.54) is 6.07 Å². The molecule has 3 rings (SSSR count). The maximum absolute atomic E-state index is 14.2. The largest absolute Gasteiger partial charge is 0.494 e. The van der Waals surface area contributed by atoms with Crippen molar-refractivity contribution in [3.63, 3.8) is 0 Å². The summed E-state index contributed by atoms with van der Waals surface area (Å²) in [6.07, 6.45) is 0.674. The SMILES string of the molecule is CCOc1ccc(C[C@@H](NC(=O)CC)C(=O)NC(Cc2ccccc2)C(=O)NCc2ccc(CN)c(F)c2)cc1. The molecule has 0 saturated heterocycles. The lowest BCUT2D eigenvalue weighted by atomic mass is 10.0. The summed E-state index contributed by atoms with van der Waals surface area (Å²) in [5.41, 5.74) is 8.16. The molecule has 0 bridgehead atoms. The Morgan fingerprint density at radius 1 is 0.825 bits per heavy atom. The first-order valence-electron chi connectivity index (χ1n) is 13.4. The zero-order valence-corrected chi connectivity index (χ0v) is 22.9. The quantitative estimate of drug-likeness (QED) is 0.247. The maximum Gasteiger partial charge on any atom is 0.243 e. The fourth-order valence-corrected chi connectivity index (χ4v) is 4.14. The second-order valence-corrected chi connectivity index (χ2v) is 9.35. The molecule has 1 unspecified atom stereocenters. The number of hydrogen-bond donors (Lipinski definition) is 4. The molecule has 0 aliphatic rings. The molecule has 0 fully saturated rings. The van der Waals surface area contributed by atoms with Gasteiger partial charge in [0.05, 0.1) is 6.61 Å². The van der Waals surface area contributed by atoms with E-state index in [2.05, 4.69) is 16.0 Å². The smallest absolute Gasteiger partial charge is 0.243 e. The molecule has 0 aliphatic heterocycles. The summed E-state index contributed by atoms with van der Waals surface area (Å²) >= 11 is 0. The molecular weight excluding hydrogens is 511 g/mol. The van der Waals surface area contributed by atoms with E-state index in [1.54, 1.807) is 19.1 Å². The number of carbonyl (C=O) groups is 3. The van der Waals surface area contributed by atoms with Gasteiger partial charge in [-0.25, -0.2) is 4.39 Å². The van der Waals surface area contributed by atoms with Crippen molar-refractivity contribution in [2.45, 2.75) is 58.3 Å². The standard InChI is InChI=1S/C31H37FN4O4/c1-3-29(37)35-28(18-22-11-14-25(15-12-22)40-4-2)31(39)36-27(17-21-8-6-5-7-9-21)30(38)34-20-23-10-13-24(19-33)26(32)16-23/h5-16,27-28H,3-4,17-20,33H2,1-2H3,(H,34,38)(H,35,37)(H,36,39)/t27?,28-/m1/s1. The highest BCUT2D eigenvalue weighted by atomic mass is 19.1. The minimum Gasteiger partial charge on any atom is -0.494 e. The molecule has 212 valence electrons. The van der Waals surface area contributed by atoms with Gasteiger partial charge in [0.25, 0.3) is 0 Å². The van der Waals surface area contributed by atoms with Crippen LogP contribution in [0.4, 0.5) is 4.39 Å². The van der Waals surface area contributed by atoms with Crippen LogP contribution in [0.2, 0.25) is 0 Å². The number of nitrogens with one attached hydrogen (secondary N) is 3. The van der Waals surface area contributed by atoms with Crippen LogP contribution in [0.15, 0.2) is 72.8 Å². The highest BCUT2D eigenvalue weighted by Crippen LogP contribution is 2.14. The minimum absolute atomic E-state index is 0.0734. The molecule has 0 aromatic heterocycles. The van der Waals surface area contributed by atoms with Gasteiger partial charge in [0, 0.05) is 37.9 Å². The van der Waals surface area contributed by atoms with Gasteiger partial charge in [-0.1, -0.05) is 61.5 Å². The van der Waals surface area contributed by atoms with Gasteiger partial charge in [0.2, 0.25) is 17.7 Å². The topological polar surface area (TPSA) is 123 Å². The first-order chi connectivity index (χ1) is 19.3. The van der Waals surface area contributed by atoms with Gasteiger partial charge in [-0.3, -0.25) is 14.4 Å². The van der Waals surface area contributed by atoms with Crippen molar-refractivity contribution < 1.29 is 23.5 Å². The second-order valence-electron chi connectivity index (χ2n) is 9.35. The first kappa shape index (κ1) is 30.3. The van der Waals surface area contributed by atoms with Crippen LogP contribution in [0.1, 0.15) is 42.5 Å². The third-order valence-corrected chi connectivity index (χ3v) is 6.37.